The smallest absolute Gasteiger partial charge is 0.226 e. The van der Waals surface area contributed by atoms with E-state index in [1.165, 1.54) is 5.56 Å². The van der Waals surface area contributed by atoms with Crippen LogP contribution in [0.1, 0.15) is 23.6 Å². The minimum atomic E-state index is 0.126. The fourth-order valence-corrected chi connectivity index (χ4v) is 4.65. The highest BCUT2D eigenvalue weighted by Crippen LogP contribution is 2.46. The average Bonchev–Trinajstić information content (AvgIpc) is 3.23. The van der Waals surface area contributed by atoms with Crippen LogP contribution in [-0.2, 0) is 22.7 Å². The van der Waals surface area contributed by atoms with Crippen molar-refractivity contribution in [2.75, 3.05) is 18.9 Å². The van der Waals surface area contributed by atoms with Crippen LogP contribution in [0.3, 0.4) is 0 Å². The standard InChI is InChI=1S/C25H26ClN5O2/c26-25-29-23(27)22-24(30-25)31(16-28-22)21-11-19(14-32-12-17-7-3-1-4-8-17)20(21)15-33-13-18-9-5-2-6-10-18/h1-10,16,19-21H,11-15H2,(H2,27,29,30)/t19-,20-,21-/m1/s1. The SMILES string of the molecule is Nc1nc(Cl)nc2c1ncn2[C@@H]1C[C@H](COCc2ccccc2)[C@H]1COCc1ccccc1. The molecule has 1 saturated carbocycles. The molecule has 0 unspecified atom stereocenters. The molecule has 1 fully saturated rings. The number of imidazole rings is 1. The van der Waals surface area contributed by atoms with Crippen molar-refractivity contribution >= 4 is 28.6 Å². The van der Waals surface area contributed by atoms with Gasteiger partial charge in [0.25, 0.3) is 0 Å². The van der Waals surface area contributed by atoms with E-state index in [1.54, 1.807) is 6.33 Å². The zero-order valence-corrected chi connectivity index (χ0v) is 18.9. The highest BCUT2D eigenvalue weighted by atomic mass is 35.5. The molecule has 0 radical (unpaired) electrons. The van der Waals surface area contributed by atoms with Crippen LogP contribution < -0.4 is 5.73 Å². The molecule has 170 valence electrons. The van der Waals surface area contributed by atoms with Gasteiger partial charge in [-0.15, -0.1) is 0 Å². The summed E-state index contributed by atoms with van der Waals surface area (Å²) in [6.45, 7) is 2.47. The number of aromatic nitrogens is 4. The van der Waals surface area contributed by atoms with Gasteiger partial charge in [0.2, 0.25) is 5.28 Å². The molecule has 2 N–H and O–H groups in total. The van der Waals surface area contributed by atoms with E-state index in [0.717, 1.165) is 12.0 Å². The number of rotatable bonds is 9. The predicted molar refractivity (Wildman–Crippen MR) is 128 cm³/mol. The summed E-state index contributed by atoms with van der Waals surface area (Å²) in [5, 5.41) is 0.126. The molecule has 3 atom stereocenters. The van der Waals surface area contributed by atoms with Crippen molar-refractivity contribution in [1.82, 2.24) is 19.5 Å². The lowest BCUT2D eigenvalue weighted by Crippen LogP contribution is -2.43. The average molecular weight is 464 g/mol. The van der Waals surface area contributed by atoms with Crippen molar-refractivity contribution in [3.8, 4) is 0 Å². The first kappa shape index (κ1) is 21.8. The van der Waals surface area contributed by atoms with Gasteiger partial charge in [0, 0.05) is 12.0 Å². The number of benzene rings is 2. The van der Waals surface area contributed by atoms with E-state index in [2.05, 4.69) is 43.8 Å². The number of ether oxygens (including phenoxy) is 2. The van der Waals surface area contributed by atoms with Crippen LogP contribution in [0, 0.1) is 11.8 Å². The van der Waals surface area contributed by atoms with Crippen molar-refractivity contribution < 1.29 is 9.47 Å². The molecule has 7 nitrogen and oxygen atoms in total. The molecule has 1 aliphatic carbocycles. The quantitative estimate of drug-likeness (QED) is 0.363. The van der Waals surface area contributed by atoms with Gasteiger partial charge in [0.05, 0.1) is 32.8 Å². The minimum absolute atomic E-state index is 0.126. The van der Waals surface area contributed by atoms with E-state index in [-0.39, 0.29) is 17.2 Å². The van der Waals surface area contributed by atoms with Crippen LogP contribution in [0.25, 0.3) is 11.2 Å². The topological polar surface area (TPSA) is 88.1 Å². The van der Waals surface area contributed by atoms with Gasteiger partial charge in [-0.3, -0.25) is 0 Å². The van der Waals surface area contributed by atoms with Crippen molar-refractivity contribution in [3.63, 3.8) is 0 Å². The number of fused-ring (bicyclic) bond motifs is 1. The molecule has 8 heteroatoms. The first-order chi connectivity index (χ1) is 16.2. The van der Waals surface area contributed by atoms with Crippen molar-refractivity contribution in [1.29, 1.82) is 0 Å². The summed E-state index contributed by atoms with van der Waals surface area (Å²) >= 11 is 6.07. The van der Waals surface area contributed by atoms with Crippen LogP contribution in [0.2, 0.25) is 5.28 Å². The Balaban J connectivity index is 1.29. The largest absolute Gasteiger partial charge is 0.382 e. The lowest BCUT2D eigenvalue weighted by molar-refractivity contribution is -0.0562. The zero-order valence-electron chi connectivity index (χ0n) is 18.2. The van der Waals surface area contributed by atoms with E-state index >= 15 is 0 Å². The molecule has 2 aromatic carbocycles. The van der Waals surface area contributed by atoms with Gasteiger partial charge >= 0.3 is 0 Å². The molecule has 33 heavy (non-hydrogen) atoms. The highest BCUT2D eigenvalue weighted by Gasteiger charge is 2.43. The second-order valence-corrected chi connectivity index (χ2v) is 8.77. The number of nitrogens with two attached hydrogens (primary N) is 1. The Kier molecular flexibility index (Phi) is 6.53. The van der Waals surface area contributed by atoms with Gasteiger partial charge in [-0.1, -0.05) is 60.7 Å². The Morgan fingerprint density at radius 2 is 1.55 bits per heavy atom. The number of nitrogens with zero attached hydrogens (tertiary/aromatic N) is 4. The normalized spacial score (nSPS) is 20.1. The fraction of sp³-hybridized carbons (Fsp3) is 0.320. The maximum atomic E-state index is 6.13. The summed E-state index contributed by atoms with van der Waals surface area (Å²) in [5.41, 5.74) is 9.57. The number of nitrogen functional groups attached to an aromatic ring is 1. The Hall–Kier alpha value is -3.00. The minimum Gasteiger partial charge on any atom is -0.382 e. The van der Waals surface area contributed by atoms with Crippen molar-refractivity contribution in [3.05, 3.63) is 83.4 Å². The van der Waals surface area contributed by atoms with Crippen LogP contribution >= 0.6 is 11.6 Å². The van der Waals surface area contributed by atoms with Crippen molar-refractivity contribution in [2.24, 2.45) is 11.8 Å². The number of hydrogen-bond acceptors (Lipinski definition) is 6. The van der Waals surface area contributed by atoms with Gasteiger partial charge in [-0.25, -0.2) is 4.98 Å². The monoisotopic (exact) mass is 463 g/mol. The Morgan fingerprint density at radius 3 is 2.21 bits per heavy atom. The van der Waals surface area contributed by atoms with Gasteiger partial charge in [-0.2, -0.15) is 9.97 Å². The fourth-order valence-electron chi connectivity index (χ4n) is 4.48. The molecule has 0 amide bonds. The van der Waals surface area contributed by atoms with E-state index in [1.807, 2.05) is 36.4 Å². The lowest BCUT2D eigenvalue weighted by Gasteiger charge is -2.45. The van der Waals surface area contributed by atoms with Crippen LogP contribution in [0.4, 0.5) is 5.82 Å². The van der Waals surface area contributed by atoms with E-state index in [9.17, 15) is 0 Å². The van der Waals surface area contributed by atoms with Gasteiger partial charge in [-0.05, 0) is 35.1 Å². The second kappa shape index (κ2) is 9.87. The molecule has 5 rings (SSSR count). The Labute approximate surface area is 197 Å². The molecule has 0 bridgehead atoms. The van der Waals surface area contributed by atoms with Gasteiger partial charge in [0.1, 0.15) is 5.52 Å². The molecule has 1 aliphatic rings. The third-order valence-electron chi connectivity index (χ3n) is 6.29. The van der Waals surface area contributed by atoms with Crippen molar-refractivity contribution in [2.45, 2.75) is 25.7 Å². The molecular formula is C25H26ClN5O2. The Morgan fingerprint density at radius 1 is 0.909 bits per heavy atom. The third-order valence-corrected chi connectivity index (χ3v) is 6.46. The van der Waals surface area contributed by atoms with Crippen LogP contribution in [0.5, 0.6) is 0 Å². The molecular weight excluding hydrogens is 438 g/mol. The highest BCUT2D eigenvalue weighted by molar-refractivity contribution is 6.28. The summed E-state index contributed by atoms with van der Waals surface area (Å²) < 4.78 is 14.3. The second-order valence-electron chi connectivity index (χ2n) is 8.43. The van der Waals surface area contributed by atoms with E-state index in [4.69, 9.17) is 26.8 Å². The number of anilines is 1. The molecule has 0 aliphatic heterocycles. The maximum Gasteiger partial charge on any atom is 0.226 e. The maximum absolute atomic E-state index is 6.13. The molecule has 4 aromatic rings. The number of halogens is 1. The zero-order chi connectivity index (χ0) is 22.6. The van der Waals surface area contributed by atoms with Gasteiger partial charge < -0.3 is 19.8 Å². The first-order valence-corrected chi connectivity index (χ1v) is 11.5. The Bertz CT molecular complexity index is 1200. The van der Waals surface area contributed by atoms with E-state index < -0.39 is 0 Å². The lowest BCUT2D eigenvalue weighted by atomic mass is 9.69. The third kappa shape index (κ3) is 4.85. The molecule has 0 saturated heterocycles. The number of hydrogen-bond donors (Lipinski definition) is 1. The molecule has 2 heterocycles. The summed E-state index contributed by atoms with van der Waals surface area (Å²) in [4.78, 5) is 12.8. The summed E-state index contributed by atoms with van der Waals surface area (Å²) in [7, 11) is 0. The molecule has 2 aromatic heterocycles. The van der Waals surface area contributed by atoms with Crippen LogP contribution in [0.15, 0.2) is 67.0 Å². The summed E-state index contributed by atoms with van der Waals surface area (Å²) in [6, 6.07) is 20.6. The van der Waals surface area contributed by atoms with Crippen LogP contribution in [-0.4, -0.2) is 32.7 Å². The predicted octanol–water partition coefficient (Wildman–Crippen LogP) is 4.67. The van der Waals surface area contributed by atoms with E-state index in [0.29, 0.717) is 49.3 Å². The molecule has 0 spiro atoms. The summed E-state index contributed by atoms with van der Waals surface area (Å²) in [5.74, 6) is 0.932. The first-order valence-electron chi connectivity index (χ1n) is 11.1. The summed E-state index contributed by atoms with van der Waals surface area (Å²) in [6.07, 6.45) is 2.73. The van der Waals surface area contributed by atoms with Gasteiger partial charge in [0.15, 0.2) is 11.5 Å².